The lowest BCUT2D eigenvalue weighted by Crippen LogP contribution is -2.21. The van der Waals surface area contributed by atoms with Crippen LogP contribution in [0.3, 0.4) is 0 Å². The van der Waals surface area contributed by atoms with Gasteiger partial charge in [0.25, 0.3) is 0 Å². The van der Waals surface area contributed by atoms with Crippen molar-refractivity contribution in [1.82, 2.24) is 10.2 Å². The number of hydrogen-bond acceptors (Lipinski definition) is 6. The molecule has 0 fully saturated rings. The maximum absolute atomic E-state index is 9.87. The molecule has 2 aromatic carbocycles. The number of aromatic nitrogens is 2. The van der Waals surface area contributed by atoms with Crippen LogP contribution < -0.4 is 19.9 Å². The first-order chi connectivity index (χ1) is 14.7. The smallest absolute Gasteiger partial charge is 0.244 e. The van der Waals surface area contributed by atoms with Gasteiger partial charge in [0.05, 0.1) is 30.4 Å². The number of aromatic amines is 1. The van der Waals surface area contributed by atoms with E-state index in [2.05, 4.69) is 16.3 Å². The number of nitrogens with zero attached hydrogens (tertiary/aromatic N) is 2. The van der Waals surface area contributed by atoms with Crippen molar-refractivity contribution in [2.24, 2.45) is 5.73 Å². The molecule has 1 aromatic heterocycles. The lowest BCUT2D eigenvalue weighted by molar-refractivity contribution is 0.287. The molecule has 3 N–H and O–H groups in total. The van der Waals surface area contributed by atoms with Crippen LogP contribution in [-0.4, -0.2) is 23.4 Å². The van der Waals surface area contributed by atoms with Gasteiger partial charge >= 0.3 is 0 Å². The summed E-state index contributed by atoms with van der Waals surface area (Å²) >= 11 is 0. The van der Waals surface area contributed by atoms with E-state index in [1.165, 1.54) is 0 Å². The fourth-order valence-electron chi connectivity index (χ4n) is 3.65. The number of nitrogens with two attached hydrogens (primary N) is 1. The Balaban J connectivity index is 1.90. The van der Waals surface area contributed by atoms with Crippen LogP contribution in [0, 0.1) is 11.3 Å². The molecule has 0 saturated heterocycles. The highest BCUT2D eigenvalue weighted by Crippen LogP contribution is 2.46. The Morgan fingerprint density at radius 1 is 1.10 bits per heavy atom. The standard InChI is InChI=1S/C23H22N4O3/c1-3-28-17-11-10-15(12-18(17)29-4-2)19-16(13-24)22(25)30-23-20(19)21(26-27-23)14-8-6-5-7-9-14/h5-12,19H,3-4,25H2,1-2H3,(H,26,27)/t19-/m0/s1. The van der Waals surface area contributed by atoms with E-state index in [-0.39, 0.29) is 5.88 Å². The van der Waals surface area contributed by atoms with Gasteiger partial charge in [0.15, 0.2) is 11.5 Å². The maximum atomic E-state index is 9.87. The summed E-state index contributed by atoms with van der Waals surface area (Å²) in [6.07, 6.45) is 0. The molecule has 3 aromatic rings. The molecule has 0 radical (unpaired) electrons. The fourth-order valence-corrected chi connectivity index (χ4v) is 3.65. The predicted molar refractivity (Wildman–Crippen MR) is 112 cm³/mol. The number of nitrogens with one attached hydrogen (secondary N) is 1. The largest absolute Gasteiger partial charge is 0.490 e. The molecule has 152 valence electrons. The van der Waals surface area contributed by atoms with E-state index in [4.69, 9.17) is 19.9 Å². The van der Waals surface area contributed by atoms with Crippen molar-refractivity contribution in [2.45, 2.75) is 19.8 Å². The molecule has 1 atom stereocenters. The number of hydrogen-bond donors (Lipinski definition) is 2. The highest BCUT2D eigenvalue weighted by Gasteiger charge is 2.36. The SMILES string of the molecule is CCOc1ccc([C@H]2C(C#N)=C(N)Oc3n[nH]c(-c4ccccc4)c32)cc1OCC. The number of ether oxygens (including phenoxy) is 3. The number of nitriles is 1. The van der Waals surface area contributed by atoms with Gasteiger partial charge in [0.2, 0.25) is 11.8 Å². The fraction of sp³-hybridized carbons (Fsp3) is 0.217. The van der Waals surface area contributed by atoms with Crippen molar-refractivity contribution < 1.29 is 14.2 Å². The number of H-pyrrole nitrogens is 1. The van der Waals surface area contributed by atoms with Gasteiger partial charge in [-0.3, -0.25) is 5.10 Å². The molecule has 0 amide bonds. The zero-order valence-electron chi connectivity index (χ0n) is 16.8. The van der Waals surface area contributed by atoms with Crippen LogP contribution in [0.1, 0.15) is 30.9 Å². The van der Waals surface area contributed by atoms with Crippen molar-refractivity contribution in [2.75, 3.05) is 13.2 Å². The minimum Gasteiger partial charge on any atom is -0.490 e. The van der Waals surface area contributed by atoms with E-state index in [0.717, 1.165) is 22.4 Å². The van der Waals surface area contributed by atoms with Crippen molar-refractivity contribution in [3.05, 3.63) is 71.1 Å². The average molecular weight is 402 g/mol. The van der Waals surface area contributed by atoms with E-state index >= 15 is 0 Å². The van der Waals surface area contributed by atoms with Gasteiger partial charge < -0.3 is 19.9 Å². The van der Waals surface area contributed by atoms with Gasteiger partial charge in [-0.1, -0.05) is 36.4 Å². The first-order valence-corrected chi connectivity index (χ1v) is 9.78. The van der Waals surface area contributed by atoms with E-state index in [0.29, 0.717) is 36.2 Å². The predicted octanol–water partition coefficient (Wildman–Crippen LogP) is 4.09. The Kier molecular flexibility index (Phi) is 5.31. The molecule has 30 heavy (non-hydrogen) atoms. The molecule has 0 aliphatic carbocycles. The molecule has 7 heteroatoms. The van der Waals surface area contributed by atoms with Gasteiger partial charge in [-0.2, -0.15) is 5.26 Å². The number of rotatable bonds is 6. The van der Waals surface area contributed by atoms with Crippen LogP contribution in [0.25, 0.3) is 11.3 Å². The molecule has 4 rings (SSSR count). The third kappa shape index (κ3) is 3.33. The Morgan fingerprint density at radius 2 is 1.83 bits per heavy atom. The molecular formula is C23H22N4O3. The summed E-state index contributed by atoms with van der Waals surface area (Å²) in [5.74, 6) is 1.23. The van der Waals surface area contributed by atoms with Crippen LogP contribution in [0.4, 0.5) is 0 Å². The number of allylic oxidation sites excluding steroid dienone is 1. The van der Waals surface area contributed by atoms with Crippen molar-refractivity contribution >= 4 is 0 Å². The van der Waals surface area contributed by atoms with Crippen molar-refractivity contribution in [3.8, 4) is 34.7 Å². The quantitative estimate of drug-likeness (QED) is 0.643. The molecule has 1 aliphatic heterocycles. The third-order valence-corrected chi connectivity index (χ3v) is 4.90. The molecular weight excluding hydrogens is 380 g/mol. The Morgan fingerprint density at radius 3 is 2.53 bits per heavy atom. The van der Waals surface area contributed by atoms with E-state index < -0.39 is 5.92 Å². The van der Waals surface area contributed by atoms with Crippen LogP contribution in [-0.2, 0) is 0 Å². The van der Waals surface area contributed by atoms with Crippen molar-refractivity contribution in [1.29, 1.82) is 5.26 Å². The summed E-state index contributed by atoms with van der Waals surface area (Å²) in [5.41, 5.74) is 9.72. The summed E-state index contributed by atoms with van der Waals surface area (Å²) in [5, 5.41) is 17.2. The summed E-state index contributed by atoms with van der Waals surface area (Å²) in [6, 6.07) is 17.7. The van der Waals surface area contributed by atoms with Gasteiger partial charge in [-0.15, -0.1) is 5.10 Å². The van der Waals surface area contributed by atoms with Crippen LogP contribution in [0.5, 0.6) is 17.4 Å². The second-order valence-corrected chi connectivity index (χ2v) is 6.68. The monoisotopic (exact) mass is 402 g/mol. The molecule has 7 nitrogen and oxygen atoms in total. The van der Waals surface area contributed by atoms with Gasteiger partial charge in [0.1, 0.15) is 11.6 Å². The zero-order chi connectivity index (χ0) is 21.1. The summed E-state index contributed by atoms with van der Waals surface area (Å²) in [6.45, 7) is 4.85. The number of benzene rings is 2. The Labute approximate surface area is 174 Å². The summed E-state index contributed by atoms with van der Waals surface area (Å²) in [7, 11) is 0. The van der Waals surface area contributed by atoms with Gasteiger partial charge in [0, 0.05) is 0 Å². The maximum Gasteiger partial charge on any atom is 0.244 e. The van der Waals surface area contributed by atoms with E-state index in [1.807, 2.05) is 62.4 Å². The zero-order valence-corrected chi connectivity index (χ0v) is 16.8. The molecule has 0 bridgehead atoms. The topological polar surface area (TPSA) is 106 Å². The second kappa shape index (κ2) is 8.21. The van der Waals surface area contributed by atoms with Gasteiger partial charge in [-0.25, -0.2) is 0 Å². The summed E-state index contributed by atoms with van der Waals surface area (Å²) in [4.78, 5) is 0. The molecule has 0 unspecified atom stereocenters. The molecule has 0 saturated carbocycles. The molecule has 1 aliphatic rings. The summed E-state index contributed by atoms with van der Waals surface area (Å²) < 4.78 is 17.1. The second-order valence-electron chi connectivity index (χ2n) is 6.68. The van der Waals surface area contributed by atoms with Crippen LogP contribution in [0.2, 0.25) is 0 Å². The highest BCUT2D eigenvalue weighted by atomic mass is 16.5. The van der Waals surface area contributed by atoms with Crippen LogP contribution >= 0.6 is 0 Å². The van der Waals surface area contributed by atoms with E-state index in [9.17, 15) is 5.26 Å². The minimum atomic E-state index is -0.456. The van der Waals surface area contributed by atoms with Gasteiger partial charge in [-0.05, 0) is 37.1 Å². The third-order valence-electron chi connectivity index (χ3n) is 4.90. The highest BCUT2D eigenvalue weighted by molar-refractivity contribution is 5.71. The Hall–Kier alpha value is -3.92. The average Bonchev–Trinajstić information content (AvgIpc) is 3.18. The Bertz CT molecular complexity index is 1130. The first kappa shape index (κ1) is 19.4. The normalized spacial score (nSPS) is 15.2. The number of fused-ring (bicyclic) bond motifs is 1. The lowest BCUT2D eigenvalue weighted by atomic mass is 9.83. The molecule has 0 spiro atoms. The first-order valence-electron chi connectivity index (χ1n) is 9.78. The van der Waals surface area contributed by atoms with E-state index in [1.54, 1.807) is 0 Å². The minimum absolute atomic E-state index is 0.0490. The van der Waals surface area contributed by atoms with Crippen LogP contribution in [0.15, 0.2) is 60.0 Å². The molecule has 2 heterocycles. The van der Waals surface area contributed by atoms with Crippen molar-refractivity contribution in [3.63, 3.8) is 0 Å². The lowest BCUT2D eigenvalue weighted by Gasteiger charge is -2.25.